The van der Waals surface area contributed by atoms with Gasteiger partial charge in [0.2, 0.25) is 0 Å². The zero-order valence-electron chi connectivity index (χ0n) is 27.9. The van der Waals surface area contributed by atoms with Crippen LogP contribution in [0.25, 0.3) is 87.6 Å². The van der Waals surface area contributed by atoms with E-state index in [4.69, 9.17) is 15.0 Å². The number of para-hydroxylation sites is 1. The average molecular weight is 653 g/mol. The van der Waals surface area contributed by atoms with Gasteiger partial charge in [0, 0.05) is 51.1 Å². The molecule has 0 atom stereocenters. The third-order valence-corrected chi connectivity index (χ3v) is 10.3. The van der Waals surface area contributed by atoms with Crippen LogP contribution < -0.4 is 0 Å². The summed E-state index contributed by atoms with van der Waals surface area (Å²) in [5.41, 5.74) is 9.23. The van der Waals surface area contributed by atoms with E-state index in [1.165, 1.54) is 37.7 Å². The second kappa shape index (κ2) is 12.1. The number of hydrogen-bond donors (Lipinski definition) is 0. The van der Waals surface area contributed by atoms with Crippen molar-refractivity contribution in [2.24, 2.45) is 4.99 Å². The molecular formula is C47H32N4. The Bertz CT molecular complexity index is 2930. The predicted octanol–water partition coefficient (Wildman–Crippen LogP) is 12.1. The molecule has 0 fully saturated rings. The molecule has 3 aromatic heterocycles. The minimum absolute atomic E-state index is 0.918. The summed E-state index contributed by atoms with van der Waals surface area (Å²) in [6, 6.07) is 45.3. The van der Waals surface area contributed by atoms with Crippen LogP contribution >= 0.6 is 0 Å². The zero-order valence-corrected chi connectivity index (χ0v) is 27.9. The van der Waals surface area contributed by atoms with Gasteiger partial charge in [0.15, 0.2) is 0 Å². The van der Waals surface area contributed by atoms with Gasteiger partial charge in [-0.05, 0) is 75.7 Å². The number of fused-ring (bicyclic) bond motifs is 11. The summed E-state index contributed by atoms with van der Waals surface area (Å²) in [5, 5.41) is 10.8. The maximum atomic E-state index is 5.34. The van der Waals surface area contributed by atoms with Crippen molar-refractivity contribution in [2.45, 2.75) is 19.3 Å². The lowest BCUT2D eigenvalue weighted by Crippen LogP contribution is -1.94. The maximum absolute atomic E-state index is 5.34. The first-order chi connectivity index (χ1) is 25.3. The summed E-state index contributed by atoms with van der Waals surface area (Å²) >= 11 is 0. The van der Waals surface area contributed by atoms with Gasteiger partial charge in [-0.2, -0.15) is 0 Å². The maximum Gasteiger partial charge on any atom is 0.0970 e. The quantitative estimate of drug-likeness (QED) is 0.178. The molecule has 1 aliphatic heterocycles. The zero-order chi connectivity index (χ0) is 33.7. The third-order valence-electron chi connectivity index (χ3n) is 10.3. The number of pyridine rings is 3. The van der Waals surface area contributed by atoms with Crippen LogP contribution in [0, 0.1) is 0 Å². The van der Waals surface area contributed by atoms with E-state index in [9.17, 15) is 0 Å². The summed E-state index contributed by atoms with van der Waals surface area (Å²) in [6.45, 7) is 0. The Balaban J connectivity index is 1.08. The molecule has 0 spiro atoms. The molecule has 4 nitrogen and oxygen atoms in total. The summed E-state index contributed by atoms with van der Waals surface area (Å²) in [7, 11) is 0. The normalized spacial score (nSPS) is 16.5. The van der Waals surface area contributed by atoms with Crippen molar-refractivity contribution in [3.05, 3.63) is 163 Å². The number of nitrogens with zero attached hydrogens (tertiary/aromatic N) is 4. The second-order valence-electron chi connectivity index (χ2n) is 13.2. The van der Waals surface area contributed by atoms with Gasteiger partial charge in [-0.3, -0.25) is 15.0 Å². The largest absolute Gasteiger partial charge is 0.256 e. The second-order valence-corrected chi connectivity index (χ2v) is 13.2. The van der Waals surface area contributed by atoms with Gasteiger partial charge in [-0.25, -0.2) is 4.98 Å². The van der Waals surface area contributed by atoms with Gasteiger partial charge in [-0.15, -0.1) is 0 Å². The van der Waals surface area contributed by atoms with Crippen LogP contribution in [0.4, 0.5) is 0 Å². The van der Waals surface area contributed by atoms with Crippen molar-refractivity contribution >= 4 is 82.5 Å². The topological polar surface area (TPSA) is 51.0 Å². The summed E-state index contributed by atoms with van der Waals surface area (Å²) in [6.07, 6.45) is 13.3. The molecule has 9 aromatic rings. The van der Waals surface area contributed by atoms with E-state index >= 15 is 0 Å². The molecule has 0 amide bonds. The van der Waals surface area contributed by atoms with Crippen LogP contribution in [-0.4, -0.2) is 21.2 Å². The molecular weight excluding hydrogens is 621 g/mol. The highest BCUT2D eigenvalue weighted by Crippen LogP contribution is 2.42. The fourth-order valence-corrected chi connectivity index (χ4v) is 7.87. The van der Waals surface area contributed by atoms with Crippen molar-refractivity contribution in [3.8, 4) is 11.3 Å². The highest BCUT2D eigenvalue weighted by Gasteiger charge is 2.18. The predicted molar refractivity (Wildman–Crippen MR) is 215 cm³/mol. The average Bonchev–Trinajstić information content (AvgIpc) is 3.33. The first-order valence-corrected chi connectivity index (χ1v) is 17.6. The lowest BCUT2D eigenvalue weighted by Gasteiger charge is -2.16. The van der Waals surface area contributed by atoms with Crippen molar-refractivity contribution in [1.29, 1.82) is 0 Å². The first kappa shape index (κ1) is 29.4. The Morgan fingerprint density at radius 3 is 1.98 bits per heavy atom. The number of aromatic nitrogens is 3. The van der Waals surface area contributed by atoms with Gasteiger partial charge in [0.05, 0.1) is 27.9 Å². The van der Waals surface area contributed by atoms with Crippen molar-refractivity contribution in [1.82, 2.24) is 15.0 Å². The van der Waals surface area contributed by atoms with E-state index in [1.54, 1.807) is 0 Å². The molecule has 240 valence electrons. The molecule has 0 N–H and O–H groups in total. The molecule has 0 saturated heterocycles. The van der Waals surface area contributed by atoms with E-state index in [1.807, 2.05) is 24.7 Å². The van der Waals surface area contributed by atoms with E-state index in [0.29, 0.717) is 0 Å². The van der Waals surface area contributed by atoms with Gasteiger partial charge >= 0.3 is 0 Å². The Morgan fingerprint density at radius 1 is 0.471 bits per heavy atom. The summed E-state index contributed by atoms with van der Waals surface area (Å²) < 4.78 is 0. The van der Waals surface area contributed by atoms with Gasteiger partial charge < -0.3 is 0 Å². The number of aliphatic imine (C=N–C) groups is 1. The van der Waals surface area contributed by atoms with Crippen LogP contribution in [0.5, 0.6) is 0 Å². The molecule has 0 unspecified atom stereocenters. The van der Waals surface area contributed by atoms with E-state index < -0.39 is 0 Å². The molecule has 0 aliphatic carbocycles. The molecule has 0 radical (unpaired) electrons. The first-order valence-electron chi connectivity index (χ1n) is 17.6. The van der Waals surface area contributed by atoms with Gasteiger partial charge in [-0.1, -0.05) is 121 Å². The van der Waals surface area contributed by atoms with Crippen molar-refractivity contribution in [3.63, 3.8) is 0 Å². The Labute approximate surface area is 295 Å². The van der Waals surface area contributed by atoms with E-state index in [2.05, 4.69) is 138 Å². The Kier molecular flexibility index (Phi) is 6.98. The van der Waals surface area contributed by atoms with E-state index in [0.717, 1.165) is 80.2 Å². The lowest BCUT2D eigenvalue weighted by molar-refractivity contribution is 0.871. The number of benzene rings is 6. The fraction of sp³-hybridized carbons (Fsp3) is 0.0638. The highest BCUT2D eigenvalue weighted by molar-refractivity contribution is 6.33. The number of allylic oxidation sites excluding steroid dienone is 3. The monoisotopic (exact) mass is 652 g/mol. The molecule has 0 saturated carbocycles. The lowest BCUT2D eigenvalue weighted by atomic mass is 9.90. The molecule has 4 heterocycles. The van der Waals surface area contributed by atoms with Gasteiger partial charge in [0.1, 0.15) is 0 Å². The van der Waals surface area contributed by atoms with Crippen LogP contribution in [0.3, 0.4) is 0 Å². The van der Waals surface area contributed by atoms with E-state index in [-0.39, 0.29) is 0 Å². The number of rotatable bonds is 3. The molecule has 4 heteroatoms. The molecule has 10 rings (SSSR count). The van der Waals surface area contributed by atoms with Gasteiger partial charge in [0.25, 0.3) is 0 Å². The number of hydrogen-bond acceptors (Lipinski definition) is 4. The van der Waals surface area contributed by atoms with Crippen molar-refractivity contribution < 1.29 is 0 Å². The standard InChI is InChI=1S/C47H32N4/c1-2-11-33(34-26-28-49-47-39(34)25-24-31-12-10-27-48-46(31)47)29-50-41(18-3-1)30-20-22-32(23-21-30)45-44-38-16-7-5-14-36(38)35-13-4-6-15-37(35)43(44)40-17-8-9-19-42(40)51-45/h4-29H,1-3H2/b33-11+,41-18+,50-29-. The van der Waals surface area contributed by atoms with Crippen LogP contribution in [-0.2, 0) is 0 Å². The summed E-state index contributed by atoms with van der Waals surface area (Å²) in [4.78, 5) is 19.9. The molecule has 0 bridgehead atoms. The fourth-order valence-electron chi connectivity index (χ4n) is 7.87. The molecule has 1 aliphatic rings. The molecule has 6 aromatic carbocycles. The summed E-state index contributed by atoms with van der Waals surface area (Å²) in [5.74, 6) is 0. The highest BCUT2D eigenvalue weighted by atomic mass is 14.7. The molecule has 51 heavy (non-hydrogen) atoms. The van der Waals surface area contributed by atoms with Crippen LogP contribution in [0.1, 0.15) is 30.4 Å². The van der Waals surface area contributed by atoms with Crippen LogP contribution in [0.2, 0.25) is 0 Å². The van der Waals surface area contributed by atoms with Crippen molar-refractivity contribution in [2.75, 3.05) is 0 Å². The Morgan fingerprint density at radius 2 is 1.16 bits per heavy atom. The SMILES string of the molecule is C1=N\C(c2ccc(-c3nc4ccccc4c4c5ccccc5c5ccccc5c34)cc2)=C\CCC\C=C/1c1ccnc2c1ccc1cccnc12. The Hall–Kier alpha value is -6.52. The third kappa shape index (κ3) is 4.91. The van der Waals surface area contributed by atoms with Crippen LogP contribution in [0.15, 0.2) is 157 Å². The minimum atomic E-state index is 0.918. The minimum Gasteiger partial charge on any atom is -0.256 e. The smallest absolute Gasteiger partial charge is 0.0970 e.